The molecule has 10 heteroatoms. The minimum Gasteiger partial charge on any atom is -0.463 e. The monoisotopic (exact) mass is 484 g/mol. The molecule has 0 aromatic heterocycles. The van der Waals surface area contributed by atoms with E-state index in [2.05, 4.69) is 16.0 Å². The van der Waals surface area contributed by atoms with E-state index < -0.39 is 45.8 Å². The number of hydrogen-bond donors (Lipinski definition) is 4. The van der Waals surface area contributed by atoms with Crippen molar-refractivity contribution >= 4 is 13.8 Å². The lowest BCUT2D eigenvalue weighted by Gasteiger charge is -2.16. The van der Waals surface area contributed by atoms with Gasteiger partial charge in [0.15, 0.2) is 0 Å². The quantitative estimate of drug-likeness (QED) is 0.0965. The van der Waals surface area contributed by atoms with Gasteiger partial charge in [0.05, 0.1) is 19.8 Å². The van der Waals surface area contributed by atoms with Crippen LogP contribution in [0.1, 0.15) is 96.8 Å². The normalized spacial score (nSPS) is 15.3. The number of carbonyl (C=O) groups is 1. The first-order chi connectivity index (χ1) is 15.3. The van der Waals surface area contributed by atoms with Crippen molar-refractivity contribution in [1.29, 1.82) is 0 Å². The minimum atomic E-state index is -4.48. The Morgan fingerprint density at radius 1 is 0.750 bits per heavy atom. The number of aliphatic hydroxyl groups excluding tert-OH is 3. The van der Waals surface area contributed by atoms with E-state index in [9.17, 15) is 19.4 Å². The van der Waals surface area contributed by atoms with Crippen LogP contribution in [0.2, 0.25) is 0 Å². The van der Waals surface area contributed by atoms with Gasteiger partial charge in [-0.25, -0.2) is 4.57 Å². The van der Waals surface area contributed by atoms with Gasteiger partial charge >= 0.3 is 13.8 Å². The fraction of sp³-hybridized carbons (Fsp3) is 0.955. The summed E-state index contributed by atoms with van der Waals surface area (Å²) in [6.45, 7) is 0.0932. The predicted octanol–water partition coefficient (Wildman–Crippen LogP) is 3.86. The Morgan fingerprint density at radius 2 is 1.19 bits per heavy atom. The van der Waals surface area contributed by atoms with Crippen LogP contribution in [0.3, 0.4) is 0 Å². The molecule has 32 heavy (non-hydrogen) atoms. The Balaban J connectivity index is 3.54. The smallest absolute Gasteiger partial charge is 0.463 e. The fourth-order valence-corrected chi connectivity index (χ4v) is 3.84. The molecule has 0 radical (unpaired) electrons. The first kappa shape index (κ1) is 31.5. The molecule has 0 spiro atoms. The number of esters is 1. The van der Waals surface area contributed by atoms with Gasteiger partial charge in [0.2, 0.25) is 0 Å². The van der Waals surface area contributed by atoms with Crippen molar-refractivity contribution in [3.63, 3.8) is 0 Å². The van der Waals surface area contributed by atoms with Gasteiger partial charge in [-0.15, -0.1) is 0 Å². The highest BCUT2D eigenvalue weighted by Crippen LogP contribution is 2.43. The average molecular weight is 485 g/mol. The van der Waals surface area contributed by atoms with Crippen LogP contribution in [0.25, 0.3) is 0 Å². The maximum atomic E-state index is 11.7. The average Bonchev–Trinajstić information content (AvgIpc) is 2.77. The Morgan fingerprint density at radius 3 is 1.66 bits per heavy atom. The summed E-state index contributed by atoms with van der Waals surface area (Å²) in [5, 5.41) is 27.4. The highest BCUT2D eigenvalue weighted by atomic mass is 31.2. The maximum Gasteiger partial charge on any atom is 0.472 e. The molecule has 192 valence electrons. The van der Waals surface area contributed by atoms with Crippen LogP contribution in [0.15, 0.2) is 0 Å². The van der Waals surface area contributed by atoms with Crippen LogP contribution in [0.4, 0.5) is 0 Å². The van der Waals surface area contributed by atoms with Gasteiger partial charge in [0.25, 0.3) is 0 Å². The van der Waals surface area contributed by atoms with Crippen molar-refractivity contribution in [2.45, 2.75) is 109 Å². The van der Waals surface area contributed by atoms with Crippen molar-refractivity contribution in [3.05, 3.63) is 0 Å². The van der Waals surface area contributed by atoms with E-state index in [1.165, 1.54) is 64.2 Å². The van der Waals surface area contributed by atoms with Crippen molar-refractivity contribution in [2.75, 3.05) is 26.4 Å². The summed E-state index contributed by atoms with van der Waals surface area (Å²) in [6.07, 6.45) is 13.5. The third-order valence-corrected chi connectivity index (χ3v) is 5.94. The zero-order valence-electron chi connectivity index (χ0n) is 19.7. The van der Waals surface area contributed by atoms with Crippen molar-refractivity contribution in [2.24, 2.45) is 0 Å². The van der Waals surface area contributed by atoms with Crippen LogP contribution in [0, 0.1) is 0 Å². The molecule has 0 aromatic carbocycles. The molecular formula is C22H45O9P. The molecule has 0 aromatic rings. The topological polar surface area (TPSA) is 143 Å². The molecule has 4 N–H and O–H groups in total. The SMILES string of the molecule is CCCCCCCCCCCCCCCC(=O)OC[C@H](O)COP(=O)(O)OC[C@H](O)CO. The van der Waals surface area contributed by atoms with E-state index in [0.29, 0.717) is 0 Å². The van der Waals surface area contributed by atoms with Gasteiger partial charge in [0.1, 0.15) is 18.8 Å². The third-order valence-electron chi connectivity index (χ3n) is 4.99. The van der Waals surface area contributed by atoms with Crippen LogP contribution in [-0.4, -0.2) is 64.8 Å². The summed E-state index contributed by atoms with van der Waals surface area (Å²) < 4.78 is 25.5. The fourth-order valence-electron chi connectivity index (χ4n) is 3.05. The van der Waals surface area contributed by atoms with Crippen molar-refractivity contribution in [3.8, 4) is 0 Å². The lowest BCUT2D eigenvalue weighted by Crippen LogP contribution is -2.24. The number of phosphoric acid groups is 1. The molecule has 0 aliphatic heterocycles. The van der Waals surface area contributed by atoms with Gasteiger partial charge in [-0.05, 0) is 6.42 Å². The van der Waals surface area contributed by atoms with Crippen LogP contribution in [-0.2, 0) is 23.1 Å². The van der Waals surface area contributed by atoms with E-state index in [4.69, 9.17) is 14.9 Å². The molecule has 0 saturated heterocycles. The van der Waals surface area contributed by atoms with Crippen LogP contribution < -0.4 is 0 Å². The largest absolute Gasteiger partial charge is 0.472 e. The second-order valence-electron chi connectivity index (χ2n) is 8.23. The second kappa shape index (κ2) is 21.0. The summed E-state index contributed by atoms with van der Waals surface area (Å²) in [6, 6.07) is 0. The standard InChI is InChI=1S/C22H45O9P/c1-2-3-4-5-6-7-8-9-10-11-12-13-14-15-22(26)29-17-21(25)19-31-32(27,28)30-18-20(24)16-23/h20-21,23-25H,2-19H2,1H3,(H,27,28)/t20-,21+/m1/s1. The summed E-state index contributed by atoms with van der Waals surface area (Å²) in [4.78, 5) is 21.1. The molecule has 0 aliphatic rings. The number of unbranched alkanes of at least 4 members (excludes halogenated alkanes) is 12. The first-order valence-corrected chi connectivity index (χ1v) is 13.5. The van der Waals surface area contributed by atoms with E-state index in [1.54, 1.807) is 0 Å². The summed E-state index contributed by atoms with van der Waals surface area (Å²) in [5.41, 5.74) is 0. The van der Waals surface area contributed by atoms with Crippen molar-refractivity contribution < 1.29 is 43.4 Å². The maximum absolute atomic E-state index is 11.7. The van der Waals surface area contributed by atoms with Crippen LogP contribution in [0.5, 0.6) is 0 Å². The third kappa shape index (κ3) is 21.3. The molecule has 0 heterocycles. The van der Waals surface area contributed by atoms with Crippen molar-refractivity contribution in [1.82, 2.24) is 0 Å². The summed E-state index contributed by atoms with van der Waals surface area (Å²) >= 11 is 0. The van der Waals surface area contributed by atoms with E-state index in [1.807, 2.05) is 0 Å². The molecule has 0 rings (SSSR count). The zero-order chi connectivity index (χ0) is 24.1. The number of hydrogen-bond acceptors (Lipinski definition) is 8. The number of carbonyl (C=O) groups excluding carboxylic acids is 1. The molecule has 0 aliphatic carbocycles. The van der Waals surface area contributed by atoms with Gasteiger partial charge in [-0.1, -0.05) is 84.0 Å². The van der Waals surface area contributed by atoms with Gasteiger partial charge in [-0.3, -0.25) is 13.8 Å². The Hall–Kier alpha value is -0.540. The van der Waals surface area contributed by atoms with Gasteiger partial charge in [-0.2, -0.15) is 0 Å². The summed E-state index contributed by atoms with van der Waals surface area (Å²) in [7, 11) is -4.48. The van der Waals surface area contributed by atoms with E-state index >= 15 is 0 Å². The molecular weight excluding hydrogens is 439 g/mol. The number of aliphatic hydroxyl groups is 3. The number of phosphoric ester groups is 1. The van der Waals surface area contributed by atoms with E-state index in [-0.39, 0.29) is 13.0 Å². The molecule has 0 amide bonds. The zero-order valence-corrected chi connectivity index (χ0v) is 20.6. The highest BCUT2D eigenvalue weighted by molar-refractivity contribution is 7.47. The lowest BCUT2D eigenvalue weighted by atomic mass is 10.0. The number of rotatable bonds is 23. The molecule has 1 unspecified atom stereocenters. The Kier molecular flexibility index (Phi) is 20.7. The predicted molar refractivity (Wildman–Crippen MR) is 122 cm³/mol. The highest BCUT2D eigenvalue weighted by Gasteiger charge is 2.24. The lowest BCUT2D eigenvalue weighted by molar-refractivity contribution is -0.147. The van der Waals surface area contributed by atoms with Crippen LogP contribution >= 0.6 is 7.82 Å². The molecule has 9 nitrogen and oxygen atoms in total. The Bertz CT molecular complexity index is 490. The first-order valence-electron chi connectivity index (χ1n) is 12.0. The molecule has 3 atom stereocenters. The van der Waals surface area contributed by atoms with Gasteiger partial charge < -0.3 is 24.9 Å². The Labute approximate surface area is 193 Å². The van der Waals surface area contributed by atoms with E-state index in [0.717, 1.165) is 19.3 Å². The second-order valence-corrected chi connectivity index (χ2v) is 9.68. The molecule has 0 saturated carbocycles. The summed E-state index contributed by atoms with van der Waals surface area (Å²) in [5.74, 6) is -0.429. The molecule has 0 fully saturated rings. The number of ether oxygens (including phenoxy) is 1. The molecule has 0 bridgehead atoms. The minimum absolute atomic E-state index is 0.270. The van der Waals surface area contributed by atoms with Gasteiger partial charge in [0, 0.05) is 6.42 Å².